The van der Waals surface area contributed by atoms with Crippen molar-refractivity contribution < 1.29 is 21.9 Å². The predicted molar refractivity (Wildman–Crippen MR) is 75.2 cm³/mol. The molecule has 0 heterocycles. The van der Waals surface area contributed by atoms with Gasteiger partial charge < -0.3 is 10.5 Å². The van der Waals surface area contributed by atoms with Gasteiger partial charge in [-0.2, -0.15) is 4.31 Å². The summed E-state index contributed by atoms with van der Waals surface area (Å²) in [6.07, 6.45) is 0. The van der Waals surface area contributed by atoms with Gasteiger partial charge in [0.2, 0.25) is 10.0 Å². The third kappa shape index (κ3) is 3.57. The van der Waals surface area contributed by atoms with Crippen LogP contribution in [-0.2, 0) is 21.3 Å². The Hall–Kier alpha value is -1.09. The van der Waals surface area contributed by atoms with Gasteiger partial charge in [-0.1, -0.05) is 6.92 Å². The summed E-state index contributed by atoms with van der Waals surface area (Å²) in [5, 5.41) is 0. The molecule has 0 saturated carbocycles. The van der Waals surface area contributed by atoms with E-state index in [2.05, 4.69) is 0 Å². The molecule has 8 heteroatoms. The predicted octanol–water partition coefficient (Wildman–Crippen LogP) is 1.47. The zero-order valence-electron chi connectivity index (χ0n) is 12.3. The molecule has 0 fully saturated rings. The molecule has 1 aromatic carbocycles. The van der Waals surface area contributed by atoms with Gasteiger partial charge in [0.1, 0.15) is 10.7 Å². The summed E-state index contributed by atoms with van der Waals surface area (Å²) < 4.78 is 58.8. The standard InChI is InChI=1S/C13H20F2N2O3S/c1-4-17(9(2)8-20-3)21(18,19)12-6-5-11(14)10(7-16)13(12)15/h5-6,9H,4,7-8,16H2,1-3H3. The van der Waals surface area contributed by atoms with Crippen molar-refractivity contribution in [1.29, 1.82) is 0 Å². The van der Waals surface area contributed by atoms with E-state index in [0.717, 1.165) is 16.4 Å². The van der Waals surface area contributed by atoms with Crippen LogP contribution in [-0.4, -0.2) is 39.0 Å². The maximum atomic E-state index is 14.2. The highest BCUT2D eigenvalue weighted by Crippen LogP contribution is 2.25. The minimum Gasteiger partial charge on any atom is -0.383 e. The molecule has 2 N–H and O–H groups in total. The fourth-order valence-electron chi connectivity index (χ4n) is 2.13. The van der Waals surface area contributed by atoms with Gasteiger partial charge in [0, 0.05) is 31.8 Å². The third-order valence-electron chi connectivity index (χ3n) is 3.15. The van der Waals surface area contributed by atoms with Crippen LogP contribution in [0.15, 0.2) is 17.0 Å². The molecule has 0 radical (unpaired) electrons. The first kappa shape index (κ1) is 18.0. The molecule has 1 rings (SSSR count). The van der Waals surface area contributed by atoms with E-state index in [-0.39, 0.29) is 13.2 Å². The highest BCUT2D eigenvalue weighted by atomic mass is 32.2. The van der Waals surface area contributed by atoms with Crippen LogP contribution in [0.5, 0.6) is 0 Å². The van der Waals surface area contributed by atoms with Crippen molar-refractivity contribution >= 4 is 10.0 Å². The maximum Gasteiger partial charge on any atom is 0.246 e. The van der Waals surface area contributed by atoms with E-state index in [4.69, 9.17) is 10.5 Å². The number of sulfonamides is 1. The number of methoxy groups -OCH3 is 1. The van der Waals surface area contributed by atoms with Crippen molar-refractivity contribution in [2.75, 3.05) is 20.3 Å². The number of likely N-dealkylation sites (N-methyl/N-ethyl adjacent to an activating group) is 1. The number of rotatable bonds is 7. The molecule has 0 aliphatic rings. The Bertz CT molecular complexity index is 593. The molecule has 21 heavy (non-hydrogen) atoms. The average Bonchev–Trinajstić information content (AvgIpc) is 2.39. The van der Waals surface area contributed by atoms with Crippen LogP contribution in [0.3, 0.4) is 0 Å². The van der Waals surface area contributed by atoms with E-state index in [1.807, 2.05) is 0 Å². The van der Waals surface area contributed by atoms with Crippen LogP contribution in [0.1, 0.15) is 19.4 Å². The molecule has 0 bridgehead atoms. The Morgan fingerprint density at radius 2 is 2.00 bits per heavy atom. The highest BCUT2D eigenvalue weighted by Gasteiger charge is 2.31. The Morgan fingerprint density at radius 3 is 2.48 bits per heavy atom. The smallest absolute Gasteiger partial charge is 0.246 e. The van der Waals surface area contributed by atoms with E-state index in [1.54, 1.807) is 13.8 Å². The average molecular weight is 322 g/mol. The molecule has 0 aliphatic carbocycles. The lowest BCUT2D eigenvalue weighted by molar-refractivity contribution is 0.142. The zero-order valence-corrected chi connectivity index (χ0v) is 13.1. The van der Waals surface area contributed by atoms with Crippen molar-refractivity contribution in [2.45, 2.75) is 31.3 Å². The van der Waals surface area contributed by atoms with Crippen LogP contribution >= 0.6 is 0 Å². The molecule has 0 aromatic heterocycles. The van der Waals surface area contributed by atoms with Crippen molar-refractivity contribution in [2.24, 2.45) is 5.73 Å². The lowest BCUT2D eigenvalue weighted by Crippen LogP contribution is -2.41. The second kappa shape index (κ2) is 7.26. The summed E-state index contributed by atoms with van der Waals surface area (Å²) in [6, 6.07) is 1.35. The van der Waals surface area contributed by atoms with Crippen molar-refractivity contribution in [1.82, 2.24) is 4.31 Å². The molecule has 120 valence electrons. The Morgan fingerprint density at radius 1 is 1.38 bits per heavy atom. The molecular weight excluding hydrogens is 302 g/mol. The van der Waals surface area contributed by atoms with E-state index in [0.29, 0.717) is 0 Å². The molecular formula is C13H20F2N2O3S. The summed E-state index contributed by atoms with van der Waals surface area (Å²) in [7, 11) is -2.65. The molecule has 0 saturated heterocycles. The first-order chi connectivity index (χ1) is 9.81. The molecule has 0 aliphatic heterocycles. The number of hydrogen-bond acceptors (Lipinski definition) is 4. The second-order valence-electron chi connectivity index (χ2n) is 4.55. The van der Waals surface area contributed by atoms with Crippen molar-refractivity contribution in [3.05, 3.63) is 29.3 Å². The summed E-state index contributed by atoms with van der Waals surface area (Å²) in [5.74, 6) is -2.00. The van der Waals surface area contributed by atoms with Gasteiger partial charge >= 0.3 is 0 Å². The fourth-order valence-corrected chi connectivity index (χ4v) is 3.85. The molecule has 5 nitrogen and oxygen atoms in total. The topological polar surface area (TPSA) is 72.6 Å². The van der Waals surface area contributed by atoms with Gasteiger partial charge in [0.15, 0.2) is 5.82 Å². The lowest BCUT2D eigenvalue weighted by atomic mass is 10.2. The number of nitrogens with zero attached hydrogens (tertiary/aromatic N) is 1. The van der Waals surface area contributed by atoms with Crippen molar-refractivity contribution in [3.8, 4) is 0 Å². The quantitative estimate of drug-likeness (QED) is 0.825. The zero-order chi connectivity index (χ0) is 16.2. The number of halogens is 2. The van der Waals surface area contributed by atoms with Crippen molar-refractivity contribution in [3.63, 3.8) is 0 Å². The summed E-state index contributed by atoms with van der Waals surface area (Å²) in [4.78, 5) is -0.575. The van der Waals surface area contributed by atoms with E-state index in [1.165, 1.54) is 7.11 Å². The monoisotopic (exact) mass is 322 g/mol. The minimum absolute atomic E-state index is 0.141. The second-order valence-corrected chi connectivity index (χ2v) is 6.41. The van der Waals surface area contributed by atoms with E-state index in [9.17, 15) is 17.2 Å². The summed E-state index contributed by atoms with van der Waals surface area (Å²) >= 11 is 0. The highest BCUT2D eigenvalue weighted by molar-refractivity contribution is 7.89. The Kier molecular flexibility index (Phi) is 6.21. The normalized spacial score (nSPS) is 13.7. The van der Waals surface area contributed by atoms with E-state index >= 15 is 0 Å². The number of nitrogens with two attached hydrogens (primary N) is 1. The van der Waals surface area contributed by atoms with Gasteiger partial charge in [0.25, 0.3) is 0 Å². The van der Waals surface area contributed by atoms with Gasteiger partial charge in [-0.3, -0.25) is 0 Å². The Balaban J connectivity index is 3.36. The van der Waals surface area contributed by atoms with Gasteiger partial charge in [-0.15, -0.1) is 0 Å². The third-order valence-corrected chi connectivity index (χ3v) is 5.26. The number of benzene rings is 1. The van der Waals surface area contributed by atoms with Gasteiger partial charge in [-0.05, 0) is 19.1 Å². The van der Waals surface area contributed by atoms with Crippen LogP contribution in [0.25, 0.3) is 0 Å². The minimum atomic E-state index is -4.10. The molecule has 0 amide bonds. The largest absolute Gasteiger partial charge is 0.383 e. The van der Waals surface area contributed by atoms with Gasteiger partial charge in [0.05, 0.1) is 6.61 Å². The number of ether oxygens (including phenoxy) is 1. The molecule has 0 spiro atoms. The van der Waals surface area contributed by atoms with Crippen LogP contribution in [0, 0.1) is 11.6 Å². The Labute approximate surface area is 123 Å². The maximum absolute atomic E-state index is 14.2. The fraction of sp³-hybridized carbons (Fsp3) is 0.538. The van der Waals surface area contributed by atoms with E-state index < -0.39 is 44.7 Å². The van der Waals surface area contributed by atoms with Gasteiger partial charge in [-0.25, -0.2) is 17.2 Å². The van der Waals surface area contributed by atoms with Crippen LogP contribution in [0.4, 0.5) is 8.78 Å². The summed E-state index contributed by atoms with van der Waals surface area (Å²) in [6.45, 7) is 3.17. The molecule has 1 unspecified atom stereocenters. The molecule has 1 aromatic rings. The first-order valence-electron chi connectivity index (χ1n) is 6.48. The SMILES string of the molecule is CCN(C(C)COC)S(=O)(=O)c1ccc(F)c(CN)c1F. The van der Waals surface area contributed by atoms with Crippen LogP contribution in [0.2, 0.25) is 0 Å². The summed E-state index contributed by atoms with van der Waals surface area (Å²) in [5.41, 5.74) is 4.83. The van der Waals surface area contributed by atoms with Crippen LogP contribution < -0.4 is 5.73 Å². The number of hydrogen-bond donors (Lipinski definition) is 1. The lowest BCUT2D eigenvalue weighted by Gasteiger charge is -2.27. The molecule has 1 atom stereocenters. The first-order valence-corrected chi connectivity index (χ1v) is 7.92.